The molecule has 0 atom stereocenters. The molecule has 1 aliphatic heterocycles. The Hall–Kier alpha value is -3.13. The number of non-ortho nitro benzene ring substituents is 1. The van der Waals surface area contributed by atoms with E-state index in [2.05, 4.69) is 5.32 Å². The minimum absolute atomic E-state index is 0.105. The van der Waals surface area contributed by atoms with Gasteiger partial charge in [-0.25, -0.2) is 0 Å². The number of benzene rings is 2. The van der Waals surface area contributed by atoms with Crippen LogP contribution in [0.15, 0.2) is 53.9 Å². The van der Waals surface area contributed by atoms with E-state index in [9.17, 15) is 19.7 Å². The minimum atomic E-state index is -0.517. The van der Waals surface area contributed by atoms with Crippen molar-refractivity contribution in [1.29, 1.82) is 0 Å². The van der Waals surface area contributed by atoms with Crippen molar-refractivity contribution in [2.75, 3.05) is 17.6 Å². The van der Waals surface area contributed by atoms with E-state index in [4.69, 9.17) is 0 Å². The monoisotopic (exact) mass is 383 g/mol. The molecule has 3 rings (SSSR count). The van der Waals surface area contributed by atoms with Gasteiger partial charge < -0.3 is 10.2 Å². The Kier molecular flexibility index (Phi) is 5.56. The molecule has 1 heterocycles. The van der Waals surface area contributed by atoms with Gasteiger partial charge in [-0.1, -0.05) is 36.4 Å². The molecule has 2 aromatic rings. The van der Waals surface area contributed by atoms with Gasteiger partial charge >= 0.3 is 0 Å². The zero-order valence-electron chi connectivity index (χ0n) is 14.5. The summed E-state index contributed by atoms with van der Waals surface area (Å²) in [6.45, 7) is 1.58. The van der Waals surface area contributed by atoms with Crippen LogP contribution in [0.2, 0.25) is 0 Å². The van der Waals surface area contributed by atoms with E-state index in [0.29, 0.717) is 16.9 Å². The largest absolute Gasteiger partial charge is 0.324 e. The van der Waals surface area contributed by atoms with Gasteiger partial charge in [-0.15, -0.1) is 11.8 Å². The lowest BCUT2D eigenvalue weighted by atomic mass is 10.1. The molecule has 0 bridgehead atoms. The number of nitrogens with zero attached hydrogens (tertiary/aromatic N) is 2. The molecule has 7 nitrogen and oxygen atoms in total. The van der Waals surface area contributed by atoms with Crippen LogP contribution < -0.4 is 5.32 Å². The van der Waals surface area contributed by atoms with Gasteiger partial charge in [0, 0.05) is 12.1 Å². The number of hydrogen-bond donors (Lipinski definition) is 1. The third-order valence-electron chi connectivity index (χ3n) is 4.07. The Labute approximate surface area is 160 Å². The van der Waals surface area contributed by atoms with Crippen molar-refractivity contribution in [3.8, 4) is 0 Å². The highest BCUT2D eigenvalue weighted by atomic mass is 32.2. The van der Waals surface area contributed by atoms with Gasteiger partial charge in [0.25, 0.3) is 5.69 Å². The highest BCUT2D eigenvalue weighted by Crippen LogP contribution is 2.28. The maximum atomic E-state index is 12.5. The summed E-state index contributed by atoms with van der Waals surface area (Å²) in [6, 6.07) is 13.6. The zero-order valence-corrected chi connectivity index (χ0v) is 15.4. The Morgan fingerprint density at radius 2 is 2.00 bits per heavy atom. The fraction of sp³-hybridized carbons (Fsp3) is 0.158. The third kappa shape index (κ3) is 4.35. The number of nitrogens with one attached hydrogen (secondary N) is 1. The van der Waals surface area contributed by atoms with Crippen LogP contribution in [0.4, 0.5) is 11.4 Å². The van der Waals surface area contributed by atoms with Crippen LogP contribution in [0.3, 0.4) is 0 Å². The van der Waals surface area contributed by atoms with Crippen molar-refractivity contribution in [3.05, 3.63) is 75.2 Å². The van der Waals surface area contributed by atoms with Gasteiger partial charge in [-0.2, -0.15) is 0 Å². The fourth-order valence-corrected chi connectivity index (χ4v) is 3.47. The average Bonchev–Trinajstić information content (AvgIpc) is 2.65. The van der Waals surface area contributed by atoms with Crippen molar-refractivity contribution in [1.82, 2.24) is 4.90 Å². The number of thioether (sulfide) groups is 1. The molecule has 0 aromatic heterocycles. The molecule has 0 saturated heterocycles. The number of amides is 2. The van der Waals surface area contributed by atoms with Gasteiger partial charge in [0.15, 0.2) is 0 Å². The van der Waals surface area contributed by atoms with Gasteiger partial charge in [-0.3, -0.25) is 19.7 Å². The lowest BCUT2D eigenvalue weighted by molar-refractivity contribution is -0.384. The molecule has 0 fully saturated rings. The molecular weight excluding hydrogens is 366 g/mol. The van der Waals surface area contributed by atoms with Crippen LogP contribution in [-0.2, 0) is 9.59 Å². The van der Waals surface area contributed by atoms with E-state index in [1.54, 1.807) is 13.0 Å². The number of hydrogen-bond acceptors (Lipinski definition) is 5. The van der Waals surface area contributed by atoms with Crippen molar-refractivity contribution >= 4 is 40.6 Å². The summed E-state index contributed by atoms with van der Waals surface area (Å²) in [5, 5.41) is 15.5. The molecule has 0 spiro atoms. The van der Waals surface area contributed by atoms with Crippen molar-refractivity contribution in [2.45, 2.75) is 6.92 Å². The lowest BCUT2D eigenvalue weighted by Crippen LogP contribution is -2.39. The van der Waals surface area contributed by atoms with E-state index >= 15 is 0 Å². The first-order chi connectivity index (χ1) is 13.0. The van der Waals surface area contributed by atoms with E-state index in [1.807, 2.05) is 35.7 Å². The van der Waals surface area contributed by atoms with Crippen LogP contribution >= 0.6 is 11.8 Å². The predicted octanol–water partition coefficient (Wildman–Crippen LogP) is 3.42. The topological polar surface area (TPSA) is 92.6 Å². The van der Waals surface area contributed by atoms with E-state index in [-0.39, 0.29) is 23.9 Å². The maximum Gasteiger partial charge on any atom is 0.271 e. The second-order valence-corrected chi connectivity index (χ2v) is 6.82. The molecule has 0 radical (unpaired) electrons. The number of anilines is 1. The second kappa shape index (κ2) is 8.05. The highest BCUT2D eigenvalue weighted by molar-refractivity contribution is 8.03. The van der Waals surface area contributed by atoms with Gasteiger partial charge in [0.2, 0.25) is 11.8 Å². The number of carbonyl (C=O) groups is 2. The molecule has 1 aliphatic rings. The summed E-state index contributed by atoms with van der Waals surface area (Å²) in [6.07, 6.45) is 0. The van der Waals surface area contributed by atoms with Crippen molar-refractivity contribution < 1.29 is 14.5 Å². The second-order valence-electron chi connectivity index (χ2n) is 5.96. The molecule has 2 amide bonds. The standard InChI is InChI=1S/C19H17N3O4S/c1-13-7-8-15(22(25)26)9-16(13)20-18(23)10-21-17(11-27-12-19(21)24)14-5-3-2-4-6-14/h2-9,11H,10,12H2,1H3,(H,20,23). The van der Waals surface area contributed by atoms with Gasteiger partial charge in [0.05, 0.1) is 22.1 Å². The Bertz CT molecular complexity index is 928. The SMILES string of the molecule is Cc1ccc([N+](=O)[O-])cc1NC(=O)CN1C(=O)CSC=C1c1ccccc1. The Balaban J connectivity index is 1.79. The summed E-state index contributed by atoms with van der Waals surface area (Å²) in [7, 11) is 0. The Morgan fingerprint density at radius 1 is 1.26 bits per heavy atom. The summed E-state index contributed by atoms with van der Waals surface area (Å²) in [4.78, 5) is 36.8. The van der Waals surface area contributed by atoms with Crippen LogP contribution in [0.5, 0.6) is 0 Å². The van der Waals surface area contributed by atoms with Crippen LogP contribution in [0.25, 0.3) is 5.70 Å². The molecular formula is C19H17N3O4S. The smallest absolute Gasteiger partial charge is 0.271 e. The molecule has 2 aromatic carbocycles. The molecule has 0 aliphatic carbocycles. The quantitative estimate of drug-likeness (QED) is 0.631. The van der Waals surface area contributed by atoms with Crippen LogP contribution in [-0.4, -0.2) is 33.9 Å². The summed E-state index contributed by atoms with van der Waals surface area (Å²) in [5.41, 5.74) is 2.47. The first kappa shape index (κ1) is 18.7. The highest BCUT2D eigenvalue weighted by Gasteiger charge is 2.25. The first-order valence-corrected chi connectivity index (χ1v) is 9.23. The van der Waals surface area contributed by atoms with E-state index in [0.717, 1.165) is 5.56 Å². The van der Waals surface area contributed by atoms with Crippen molar-refractivity contribution in [2.24, 2.45) is 0 Å². The number of rotatable bonds is 5. The fourth-order valence-electron chi connectivity index (χ4n) is 2.67. The third-order valence-corrected chi connectivity index (χ3v) is 4.87. The average molecular weight is 383 g/mol. The Morgan fingerprint density at radius 3 is 2.70 bits per heavy atom. The molecule has 0 saturated carbocycles. The van der Waals surface area contributed by atoms with Gasteiger partial charge in [0.1, 0.15) is 6.54 Å². The molecule has 0 unspecified atom stereocenters. The number of nitro groups is 1. The summed E-state index contributed by atoms with van der Waals surface area (Å²) < 4.78 is 0. The van der Waals surface area contributed by atoms with Crippen molar-refractivity contribution in [3.63, 3.8) is 0 Å². The summed E-state index contributed by atoms with van der Waals surface area (Å²) in [5.74, 6) is -0.313. The number of carbonyl (C=O) groups excluding carboxylic acids is 2. The molecule has 8 heteroatoms. The van der Waals surface area contributed by atoms with Gasteiger partial charge in [-0.05, 0) is 23.5 Å². The maximum absolute atomic E-state index is 12.5. The lowest BCUT2D eigenvalue weighted by Gasteiger charge is -2.28. The summed E-state index contributed by atoms with van der Waals surface area (Å²) >= 11 is 1.39. The van der Waals surface area contributed by atoms with Crippen LogP contribution in [0, 0.1) is 17.0 Å². The minimum Gasteiger partial charge on any atom is -0.324 e. The van der Waals surface area contributed by atoms with Crippen LogP contribution in [0.1, 0.15) is 11.1 Å². The molecule has 138 valence electrons. The molecule has 27 heavy (non-hydrogen) atoms. The normalized spacial score (nSPS) is 13.9. The first-order valence-electron chi connectivity index (χ1n) is 8.18. The predicted molar refractivity (Wildman–Crippen MR) is 105 cm³/mol. The van der Waals surface area contributed by atoms with E-state index < -0.39 is 10.8 Å². The number of aryl methyl sites for hydroxylation is 1. The number of nitro benzene ring substituents is 1. The zero-order chi connectivity index (χ0) is 19.4. The molecule has 1 N–H and O–H groups in total. The van der Waals surface area contributed by atoms with E-state index in [1.165, 1.54) is 28.8 Å².